The van der Waals surface area contributed by atoms with E-state index < -0.39 is 0 Å². The molecule has 1 atom stereocenters. The molecule has 0 unspecified atom stereocenters. The lowest BCUT2D eigenvalue weighted by Crippen LogP contribution is -2.40. The number of fused-ring (bicyclic) bond motifs is 5. The molecule has 0 fully saturated rings. The summed E-state index contributed by atoms with van der Waals surface area (Å²) in [6, 6.07) is 21.1. The molecule has 6 nitrogen and oxygen atoms in total. The number of para-hydroxylation sites is 1. The number of methoxy groups -OCH3 is 1. The van der Waals surface area contributed by atoms with Gasteiger partial charge in [-0.1, -0.05) is 38.1 Å². The summed E-state index contributed by atoms with van der Waals surface area (Å²) in [6.45, 7) is 4.51. The zero-order valence-corrected chi connectivity index (χ0v) is 17.0. The molecule has 0 saturated carbocycles. The number of nitrogens with zero attached hydrogens (tertiary/aromatic N) is 3. The first kappa shape index (κ1) is 18.4. The molecule has 0 spiro atoms. The Morgan fingerprint density at radius 1 is 1.07 bits per heavy atom. The largest absolute Gasteiger partial charge is 0.497 e. The van der Waals surface area contributed by atoms with E-state index in [1.165, 1.54) is 17.7 Å². The fourth-order valence-electron chi connectivity index (χ4n) is 4.68. The van der Waals surface area contributed by atoms with Crippen LogP contribution < -0.4 is 9.64 Å². The van der Waals surface area contributed by atoms with Gasteiger partial charge in [0.15, 0.2) is 0 Å². The summed E-state index contributed by atoms with van der Waals surface area (Å²) in [4.78, 5) is 18.0. The quantitative estimate of drug-likeness (QED) is 0.429. The fraction of sp³-hybridized carbons (Fsp3) is 0.208. The Morgan fingerprint density at radius 3 is 2.50 bits per heavy atom. The van der Waals surface area contributed by atoms with Gasteiger partial charge in [0.05, 0.1) is 23.8 Å². The fourth-order valence-corrected chi connectivity index (χ4v) is 4.68. The zero-order valence-electron chi connectivity index (χ0n) is 17.0. The number of hydrogen-bond acceptors (Lipinski definition) is 5. The lowest BCUT2D eigenvalue weighted by molar-refractivity contribution is -0.384. The number of anilines is 1. The molecule has 2 aliphatic heterocycles. The topological polar surface area (TPSA) is 68.0 Å². The summed E-state index contributed by atoms with van der Waals surface area (Å²) in [7, 11) is 1.65. The van der Waals surface area contributed by atoms with E-state index in [-0.39, 0.29) is 22.1 Å². The average Bonchev–Trinajstić information content (AvgIpc) is 3.01. The monoisotopic (exact) mass is 399 g/mol. The molecule has 0 aromatic heterocycles. The number of hydrogen-bond donors (Lipinski definition) is 0. The van der Waals surface area contributed by atoms with E-state index in [9.17, 15) is 10.1 Å². The van der Waals surface area contributed by atoms with Gasteiger partial charge in [-0.15, -0.1) is 0 Å². The van der Waals surface area contributed by atoms with Crippen molar-refractivity contribution < 1.29 is 9.66 Å². The van der Waals surface area contributed by atoms with Crippen LogP contribution in [0.5, 0.6) is 5.75 Å². The van der Waals surface area contributed by atoms with Crippen LogP contribution in [-0.2, 0) is 5.41 Å². The second kappa shape index (κ2) is 6.42. The lowest BCUT2D eigenvalue weighted by atomic mass is 9.76. The first-order valence-electron chi connectivity index (χ1n) is 9.82. The van der Waals surface area contributed by atoms with E-state index in [0.717, 1.165) is 34.1 Å². The van der Waals surface area contributed by atoms with Gasteiger partial charge in [-0.25, -0.2) is 4.99 Å². The number of nitro benzene ring substituents is 1. The summed E-state index contributed by atoms with van der Waals surface area (Å²) in [5, 5.41) is 11.1. The van der Waals surface area contributed by atoms with Crippen molar-refractivity contribution in [2.45, 2.75) is 25.3 Å². The number of rotatable bonds is 3. The lowest BCUT2D eigenvalue weighted by Gasteiger charge is -2.39. The van der Waals surface area contributed by atoms with Crippen molar-refractivity contribution in [3.8, 4) is 5.75 Å². The molecule has 3 aromatic rings. The molecule has 0 radical (unpaired) electrons. The highest BCUT2D eigenvalue weighted by Gasteiger charge is 2.49. The van der Waals surface area contributed by atoms with Crippen LogP contribution in [0.4, 0.5) is 17.1 Å². The highest BCUT2D eigenvalue weighted by Crippen LogP contribution is 2.56. The summed E-state index contributed by atoms with van der Waals surface area (Å²) in [6.07, 6.45) is 0. The molecule has 0 N–H and O–H groups in total. The van der Waals surface area contributed by atoms with Crippen LogP contribution in [0.1, 0.15) is 36.6 Å². The molecule has 3 aromatic carbocycles. The number of benzene rings is 3. The van der Waals surface area contributed by atoms with E-state index in [2.05, 4.69) is 43.0 Å². The maximum Gasteiger partial charge on any atom is 0.269 e. The Balaban J connectivity index is 1.76. The van der Waals surface area contributed by atoms with Gasteiger partial charge in [0, 0.05) is 40.4 Å². The summed E-state index contributed by atoms with van der Waals surface area (Å²) >= 11 is 0. The Kier molecular flexibility index (Phi) is 3.93. The molecule has 0 bridgehead atoms. The minimum atomic E-state index is -0.385. The molecule has 150 valence electrons. The second-order valence-corrected chi connectivity index (χ2v) is 8.18. The average molecular weight is 399 g/mol. The maximum absolute atomic E-state index is 11.1. The normalized spacial score (nSPS) is 18.2. The van der Waals surface area contributed by atoms with Gasteiger partial charge in [-0.05, 0) is 29.8 Å². The molecule has 0 amide bonds. The van der Waals surface area contributed by atoms with Crippen LogP contribution in [0.2, 0.25) is 0 Å². The summed E-state index contributed by atoms with van der Waals surface area (Å²) in [5.74, 6) is 1.54. The number of non-ortho nitro benzene ring substituents is 1. The first-order valence-corrected chi connectivity index (χ1v) is 9.82. The Labute approximate surface area is 174 Å². The Hall–Kier alpha value is -3.67. The summed E-state index contributed by atoms with van der Waals surface area (Å²) < 4.78 is 5.43. The maximum atomic E-state index is 11.1. The third-order valence-corrected chi connectivity index (χ3v) is 6.12. The van der Waals surface area contributed by atoms with Crippen LogP contribution in [0, 0.1) is 10.1 Å². The minimum absolute atomic E-state index is 0.0542. The molecular formula is C24H21N3O3. The highest BCUT2D eigenvalue weighted by atomic mass is 16.6. The van der Waals surface area contributed by atoms with Crippen molar-refractivity contribution in [2.75, 3.05) is 12.0 Å². The van der Waals surface area contributed by atoms with Crippen LogP contribution in [-0.4, -0.2) is 17.9 Å². The van der Waals surface area contributed by atoms with Crippen LogP contribution in [0.15, 0.2) is 71.7 Å². The molecule has 5 rings (SSSR count). The molecule has 2 aliphatic rings. The van der Waals surface area contributed by atoms with Gasteiger partial charge < -0.3 is 9.64 Å². The van der Waals surface area contributed by atoms with E-state index >= 15 is 0 Å². The molecule has 0 aliphatic carbocycles. The number of nitro groups is 1. The second-order valence-electron chi connectivity index (χ2n) is 8.18. The molecule has 6 heteroatoms. The van der Waals surface area contributed by atoms with Crippen molar-refractivity contribution in [1.29, 1.82) is 0 Å². The van der Waals surface area contributed by atoms with Crippen molar-refractivity contribution in [3.05, 3.63) is 93.5 Å². The van der Waals surface area contributed by atoms with Crippen LogP contribution in [0.3, 0.4) is 0 Å². The molecular weight excluding hydrogens is 378 g/mol. The van der Waals surface area contributed by atoms with Gasteiger partial charge in [0.2, 0.25) is 0 Å². The van der Waals surface area contributed by atoms with E-state index in [4.69, 9.17) is 9.73 Å². The van der Waals surface area contributed by atoms with E-state index in [1.807, 2.05) is 18.2 Å². The van der Waals surface area contributed by atoms with Crippen molar-refractivity contribution >= 4 is 22.9 Å². The number of ether oxygens (including phenoxy) is 1. The van der Waals surface area contributed by atoms with Gasteiger partial charge in [-0.2, -0.15) is 0 Å². The minimum Gasteiger partial charge on any atom is -0.497 e. The van der Waals surface area contributed by atoms with Crippen LogP contribution in [0.25, 0.3) is 0 Å². The van der Waals surface area contributed by atoms with Gasteiger partial charge in [0.25, 0.3) is 5.69 Å². The highest BCUT2D eigenvalue weighted by molar-refractivity contribution is 6.14. The predicted molar refractivity (Wildman–Crippen MR) is 117 cm³/mol. The Morgan fingerprint density at radius 2 is 1.80 bits per heavy atom. The first-order chi connectivity index (χ1) is 14.4. The SMILES string of the molecule is COc1ccc2c(c1)N=C(c1ccc([N+](=O)[O-])cc1)N1c3ccccc3C(C)(C)[C@@H]21. The number of aliphatic imine (C=N–C) groups is 1. The Bertz CT molecular complexity index is 1200. The van der Waals surface area contributed by atoms with Gasteiger partial charge in [-0.3, -0.25) is 10.1 Å². The molecule has 30 heavy (non-hydrogen) atoms. The van der Waals surface area contributed by atoms with Crippen LogP contribution >= 0.6 is 0 Å². The summed E-state index contributed by atoms with van der Waals surface area (Å²) in [5.41, 5.74) is 5.14. The van der Waals surface area contributed by atoms with E-state index in [1.54, 1.807) is 19.2 Å². The predicted octanol–water partition coefficient (Wildman–Crippen LogP) is 5.53. The molecule has 2 heterocycles. The standard InChI is InChI=1S/C24H21N3O3/c1-24(2)19-6-4-5-7-21(19)26-22(24)18-13-12-17(30-3)14-20(18)25-23(26)15-8-10-16(11-9-15)27(28)29/h4-14,22H,1-3H3/t22-/m1/s1. The zero-order chi connectivity index (χ0) is 21.0. The molecule has 0 saturated heterocycles. The van der Waals surface area contributed by atoms with Crippen molar-refractivity contribution in [1.82, 2.24) is 0 Å². The van der Waals surface area contributed by atoms with Gasteiger partial charge in [0.1, 0.15) is 11.6 Å². The smallest absolute Gasteiger partial charge is 0.269 e. The van der Waals surface area contributed by atoms with E-state index in [0.29, 0.717) is 0 Å². The van der Waals surface area contributed by atoms with Crippen molar-refractivity contribution in [3.63, 3.8) is 0 Å². The third kappa shape index (κ3) is 2.53. The van der Waals surface area contributed by atoms with Gasteiger partial charge >= 0.3 is 0 Å². The van der Waals surface area contributed by atoms with Crippen molar-refractivity contribution in [2.24, 2.45) is 4.99 Å². The third-order valence-electron chi connectivity index (χ3n) is 6.12. The number of amidine groups is 1.